The van der Waals surface area contributed by atoms with Crippen LogP contribution in [0.5, 0.6) is 11.5 Å². The zero-order valence-electron chi connectivity index (χ0n) is 22.4. The number of benzene rings is 2. The van der Waals surface area contributed by atoms with Crippen molar-refractivity contribution < 1.29 is 38.5 Å². The molecule has 3 unspecified atom stereocenters. The van der Waals surface area contributed by atoms with Crippen LogP contribution in [-0.2, 0) is 16.1 Å². The zero-order valence-corrected chi connectivity index (χ0v) is 24.6. The molecule has 0 heterocycles. The number of halogens is 2. The van der Waals surface area contributed by atoms with E-state index < -0.39 is 35.9 Å². The van der Waals surface area contributed by atoms with Crippen LogP contribution in [0.2, 0.25) is 0 Å². The fourth-order valence-corrected chi connectivity index (χ4v) is 5.07. The smallest absolute Gasteiger partial charge is 0.247 e. The average Bonchev–Trinajstić information content (AvgIpc) is 2.92. The van der Waals surface area contributed by atoms with Gasteiger partial charge in [0.25, 0.3) is 0 Å². The van der Waals surface area contributed by atoms with Crippen molar-refractivity contribution in [2.75, 3.05) is 20.3 Å². The number of aliphatic hydroxyl groups is 2. The first-order valence-corrected chi connectivity index (χ1v) is 13.6. The van der Waals surface area contributed by atoms with E-state index in [1.165, 1.54) is 42.4 Å². The number of hydrogen-bond donors (Lipinski definition) is 3. The summed E-state index contributed by atoms with van der Waals surface area (Å²) < 4.78 is 25.7. The summed E-state index contributed by atoms with van der Waals surface area (Å²) in [5, 5.41) is 23.4. The molecule has 2 aromatic carbocycles. The van der Waals surface area contributed by atoms with Gasteiger partial charge in [-0.05, 0) is 72.3 Å². The Morgan fingerprint density at radius 1 is 1.23 bits per heavy atom. The van der Waals surface area contributed by atoms with Crippen LogP contribution in [0.25, 0.3) is 0 Å². The van der Waals surface area contributed by atoms with Gasteiger partial charge >= 0.3 is 0 Å². The first-order chi connectivity index (χ1) is 19.1. The third-order valence-electron chi connectivity index (χ3n) is 6.22. The molecule has 3 rings (SSSR count). The minimum absolute atomic E-state index is 0.000131. The van der Waals surface area contributed by atoms with Crippen molar-refractivity contribution in [2.24, 2.45) is 0 Å². The second-order valence-electron chi connectivity index (χ2n) is 9.48. The minimum Gasteiger partial charge on any atom is -0.493 e. The monoisotopic (exact) mass is 666 g/mol. The van der Waals surface area contributed by atoms with Crippen LogP contribution < -0.4 is 14.8 Å². The van der Waals surface area contributed by atoms with Gasteiger partial charge in [-0.3, -0.25) is 14.4 Å². The van der Waals surface area contributed by atoms with Gasteiger partial charge in [-0.1, -0.05) is 17.7 Å². The molecule has 2 amide bonds. The number of amides is 2. The molecule has 40 heavy (non-hydrogen) atoms. The van der Waals surface area contributed by atoms with E-state index in [0.29, 0.717) is 21.0 Å². The molecule has 0 radical (unpaired) electrons. The predicted octanol–water partition coefficient (Wildman–Crippen LogP) is 3.16. The molecule has 11 heteroatoms. The van der Waals surface area contributed by atoms with Gasteiger partial charge in [0.15, 0.2) is 11.5 Å². The Labute approximate surface area is 245 Å². The Bertz CT molecular complexity index is 1290. The number of aldehydes is 1. The van der Waals surface area contributed by atoms with Crippen molar-refractivity contribution in [3.05, 3.63) is 80.2 Å². The van der Waals surface area contributed by atoms with E-state index in [2.05, 4.69) is 5.32 Å². The molecule has 2 aromatic rings. The summed E-state index contributed by atoms with van der Waals surface area (Å²) in [6.45, 7) is 3.32. The third kappa shape index (κ3) is 7.89. The summed E-state index contributed by atoms with van der Waals surface area (Å²) in [5.41, 5.74) is 1.98. The fourth-order valence-electron chi connectivity index (χ4n) is 4.31. The lowest BCUT2D eigenvalue weighted by Crippen LogP contribution is -2.54. The topological polar surface area (TPSA) is 125 Å². The van der Waals surface area contributed by atoms with E-state index >= 15 is 0 Å². The molecule has 0 fully saturated rings. The normalized spacial score (nSPS) is 18.3. The standard InChI is InChI=1S/C29H32FIN2O7/c1-17(2)10-26(36)33(15-18-4-6-21(30)7-5-18)23-13-20(29(38)32-8-9-34)14-24(27(23)37)40-28-22(31)11-19(16-35)12-25(28)39-3/h4-7,10-12,14,16,23-24,27,34,37H,8-9,13,15H2,1-3H3,(H,32,38). The number of aliphatic hydroxyl groups excluding tert-OH is 2. The summed E-state index contributed by atoms with van der Waals surface area (Å²) in [4.78, 5) is 39.2. The van der Waals surface area contributed by atoms with Gasteiger partial charge in [-0.25, -0.2) is 4.39 Å². The van der Waals surface area contributed by atoms with Crippen LogP contribution in [-0.4, -0.2) is 71.7 Å². The highest BCUT2D eigenvalue weighted by atomic mass is 127. The van der Waals surface area contributed by atoms with Crippen molar-refractivity contribution in [1.29, 1.82) is 0 Å². The quantitative estimate of drug-likeness (QED) is 0.191. The molecule has 9 nitrogen and oxygen atoms in total. The van der Waals surface area contributed by atoms with E-state index in [9.17, 15) is 29.0 Å². The molecule has 1 aliphatic rings. The van der Waals surface area contributed by atoms with Crippen molar-refractivity contribution in [3.8, 4) is 11.5 Å². The van der Waals surface area contributed by atoms with E-state index in [1.54, 1.807) is 32.0 Å². The molecule has 0 saturated heterocycles. The van der Waals surface area contributed by atoms with E-state index in [-0.39, 0.29) is 43.2 Å². The summed E-state index contributed by atoms with van der Waals surface area (Å²) in [6.07, 6.45) is 1.22. The molecule has 3 N–H and O–H groups in total. The fraction of sp³-hybridized carbons (Fsp3) is 0.345. The molecular weight excluding hydrogens is 634 g/mol. The van der Waals surface area contributed by atoms with Gasteiger partial charge in [-0.15, -0.1) is 0 Å². The Kier molecular flexibility index (Phi) is 11.2. The highest BCUT2D eigenvalue weighted by Gasteiger charge is 2.40. The number of nitrogens with one attached hydrogen (secondary N) is 1. The Balaban J connectivity index is 2.07. The highest BCUT2D eigenvalue weighted by molar-refractivity contribution is 14.1. The molecule has 0 saturated carbocycles. The number of nitrogens with zero attached hydrogens (tertiary/aromatic N) is 1. The Hall–Kier alpha value is -3.29. The number of methoxy groups -OCH3 is 1. The number of rotatable bonds is 11. The van der Waals surface area contributed by atoms with Crippen LogP contribution in [0.1, 0.15) is 36.2 Å². The van der Waals surface area contributed by atoms with Gasteiger partial charge in [0.2, 0.25) is 11.8 Å². The van der Waals surface area contributed by atoms with Gasteiger partial charge < -0.3 is 29.9 Å². The lowest BCUT2D eigenvalue weighted by Gasteiger charge is -2.40. The van der Waals surface area contributed by atoms with Crippen LogP contribution in [0.15, 0.2) is 59.7 Å². The molecule has 0 aliphatic heterocycles. The molecule has 0 bridgehead atoms. The summed E-state index contributed by atoms with van der Waals surface area (Å²) >= 11 is 1.98. The largest absolute Gasteiger partial charge is 0.493 e. The molecule has 0 aromatic heterocycles. The summed E-state index contributed by atoms with van der Waals surface area (Å²) in [6, 6.07) is 7.85. The lowest BCUT2D eigenvalue weighted by atomic mass is 9.87. The van der Waals surface area contributed by atoms with Crippen LogP contribution in [0.3, 0.4) is 0 Å². The predicted molar refractivity (Wildman–Crippen MR) is 154 cm³/mol. The van der Waals surface area contributed by atoms with E-state index in [1.807, 2.05) is 22.6 Å². The van der Waals surface area contributed by atoms with Gasteiger partial charge in [-0.2, -0.15) is 0 Å². The number of carbonyl (C=O) groups excluding carboxylic acids is 3. The maximum absolute atomic E-state index is 13.6. The third-order valence-corrected chi connectivity index (χ3v) is 7.02. The number of carbonyl (C=O) groups is 3. The first-order valence-electron chi connectivity index (χ1n) is 12.5. The Morgan fingerprint density at radius 3 is 2.52 bits per heavy atom. The molecule has 3 atom stereocenters. The number of allylic oxidation sites excluding steroid dienone is 1. The lowest BCUT2D eigenvalue weighted by molar-refractivity contribution is -0.134. The van der Waals surface area contributed by atoms with Gasteiger partial charge in [0, 0.05) is 36.7 Å². The second kappa shape index (κ2) is 14.4. The molecule has 1 aliphatic carbocycles. The maximum atomic E-state index is 13.6. The van der Waals surface area contributed by atoms with E-state index in [4.69, 9.17) is 9.47 Å². The highest BCUT2D eigenvalue weighted by Crippen LogP contribution is 2.37. The van der Waals surface area contributed by atoms with Crippen LogP contribution in [0, 0.1) is 9.39 Å². The number of ether oxygens (including phenoxy) is 2. The molecule has 214 valence electrons. The minimum atomic E-state index is -1.28. The van der Waals surface area contributed by atoms with Crippen LogP contribution >= 0.6 is 22.6 Å². The zero-order chi connectivity index (χ0) is 29.4. The Morgan fingerprint density at radius 2 is 1.93 bits per heavy atom. The van der Waals surface area contributed by atoms with Crippen molar-refractivity contribution >= 4 is 40.7 Å². The first kappa shape index (κ1) is 31.2. The summed E-state index contributed by atoms with van der Waals surface area (Å²) in [7, 11) is 1.42. The molecular formula is C29H32FIN2O7. The van der Waals surface area contributed by atoms with Gasteiger partial charge in [0.05, 0.1) is 23.3 Å². The SMILES string of the molecule is COc1cc(C=O)cc(I)c1OC1C=C(C(=O)NCCO)CC(N(Cc2ccc(F)cc2)C(=O)C=C(C)C)C1O. The van der Waals surface area contributed by atoms with Crippen molar-refractivity contribution in [2.45, 2.75) is 45.1 Å². The number of hydrogen-bond acceptors (Lipinski definition) is 7. The van der Waals surface area contributed by atoms with Gasteiger partial charge in [0.1, 0.15) is 24.3 Å². The maximum Gasteiger partial charge on any atom is 0.247 e. The van der Waals surface area contributed by atoms with Crippen molar-refractivity contribution in [1.82, 2.24) is 10.2 Å². The summed E-state index contributed by atoms with van der Waals surface area (Å²) in [5.74, 6) is -0.787. The van der Waals surface area contributed by atoms with Crippen molar-refractivity contribution in [3.63, 3.8) is 0 Å². The average molecular weight is 666 g/mol. The van der Waals surface area contributed by atoms with E-state index in [0.717, 1.165) is 5.57 Å². The van der Waals surface area contributed by atoms with Crippen LogP contribution in [0.4, 0.5) is 4.39 Å². The second-order valence-corrected chi connectivity index (χ2v) is 10.6. The molecule has 0 spiro atoms.